The van der Waals surface area contributed by atoms with Crippen molar-refractivity contribution in [2.45, 2.75) is 43.4 Å². The van der Waals surface area contributed by atoms with Crippen molar-refractivity contribution < 1.29 is 9.53 Å². The molecule has 25 heavy (non-hydrogen) atoms. The van der Waals surface area contributed by atoms with Gasteiger partial charge in [-0.3, -0.25) is 4.79 Å². The lowest BCUT2D eigenvalue weighted by Crippen LogP contribution is -2.46. The van der Waals surface area contributed by atoms with Gasteiger partial charge in [-0.1, -0.05) is 25.6 Å². The van der Waals surface area contributed by atoms with Crippen molar-refractivity contribution >= 4 is 39.2 Å². The second-order valence-corrected chi connectivity index (χ2v) is 9.15. The summed E-state index contributed by atoms with van der Waals surface area (Å²) in [7, 11) is 0. The van der Waals surface area contributed by atoms with Crippen LogP contribution >= 0.6 is 23.1 Å². The number of hydrogen-bond donors (Lipinski definition) is 0. The lowest BCUT2D eigenvalue weighted by Gasteiger charge is -2.31. The molecule has 3 heterocycles. The summed E-state index contributed by atoms with van der Waals surface area (Å²) in [4.78, 5) is 26.6. The van der Waals surface area contributed by atoms with E-state index >= 15 is 0 Å². The van der Waals surface area contributed by atoms with Gasteiger partial charge in [-0.05, 0) is 30.7 Å². The molecule has 1 fully saturated rings. The van der Waals surface area contributed by atoms with Crippen molar-refractivity contribution in [2.75, 3.05) is 26.3 Å². The van der Waals surface area contributed by atoms with E-state index < -0.39 is 0 Å². The Morgan fingerprint density at radius 3 is 2.84 bits per heavy atom. The lowest BCUT2D eigenvalue weighted by molar-refractivity contribution is -0.135. The Balaban J connectivity index is 1.64. The third kappa shape index (κ3) is 3.29. The van der Waals surface area contributed by atoms with Gasteiger partial charge in [-0.15, -0.1) is 11.3 Å². The molecule has 0 radical (unpaired) electrons. The summed E-state index contributed by atoms with van der Waals surface area (Å²) < 4.78 is 5.39. The van der Waals surface area contributed by atoms with Gasteiger partial charge in [-0.2, -0.15) is 0 Å². The van der Waals surface area contributed by atoms with Gasteiger partial charge >= 0.3 is 0 Å². The van der Waals surface area contributed by atoms with E-state index in [9.17, 15) is 4.79 Å². The zero-order chi connectivity index (χ0) is 17.4. The molecule has 7 heteroatoms. The van der Waals surface area contributed by atoms with Gasteiger partial charge in [0.2, 0.25) is 5.91 Å². The Labute approximate surface area is 156 Å². The number of ether oxygens (including phenoxy) is 1. The quantitative estimate of drug-likeness (QED) is 0.605. The topological polar surface area (TPSA) is 55.3 Å². The normalized spacial score (nSPS) is 18.8. The van der Waals surface area contributed by atoms with E-state index in [0.717, 1.165) is 22.7 Å². The lowest BCUT2D eigenvalue weighted by atomic mass is 10.1. The second-order valence-electron chi connectivity index (χ2n) is 6.94. The monoisotopic (exact) mass is 377 g/mol. The summed E-state index contributed by atoms with van der Waals surface area (Å²) >= 11 is 3.42. The zero-order valence-corrected chi connectivity index (χ0v) is 16.3. The molecule has 4 rings (SSSR count). The number of carbonyl (C=O) groups excluding carboxylic acids is 1. The minimum Gasteiger partial charge on any atom is -0.378 e. The second kappa shape index (κ2) is 7.21. The van der Waals surface area contributed by atoms with Gasteiger partial charge in [-0.25, -0.2) is 9.97 Å². The molecule has 0 aromatic carbocycles. The highest BCUT2D eigenvalue weighted by atomic mass is 32.2. The maximum Gasteiger partial charge on any atom is 0.236 e. The Hall–Kier alpha value is -1.18. The molecule has 5 nitrogen and oxygen atoms in total. The number of nitrogens with zero attached hydrogens (tertiary/aromatic N) is 3. The number of aromatic nitrogens is 2. The van der Waals surface area contributed by atoms with Gasteiger partial charge in [0.15, 0.2) is 0 Å². The Kier molecular flexibility index (Phi) is 4.97. The molecule has 2 aliphatic rings. The van der Waals surface area contributed by atoms with E-state index in [1.165, 1.54) is 22.2 Å². The first-order valence-corrected chi connectivity index (χ1v) is 10.6. The van der Waals surface area contributed by atoms with Crippen molar-refractivity contribution in [3.63, 3.8) is 0 Å². The third-order valence-corrected chi connectivity index (χ3v) is 7.61. The summed E-state index contributed by atoms with van der Waals surface area (Å²) in [6.45, 7) is 6.89. The maximum atomic E-state index is 13.1. The molecule has 1 aliphatic carbocycles. The Bertz CT molecular complexity index is 784. The van der Waals surface area contributed by atoms with Crippen molar-refractivity contribution in [1.82, 2.24) is 14.9 Å². The average Bonchev–Trinajstić information content (AvgIpc) is 3.20. The number of carbonyl (C=O) groups is 1. The number of aryl methyl sites for hydroxylation is 2. The minimum absolute atomic E-state index is 0.117. The van der Waals surface area contributed by atoms with E-state index in [4.69, 9.17) is 4.74 Å². The first kappa shape index (κ1) is 17.2. The summed E-state index contributed by atoms with van der Waals surface area (Å²) in [5.41, 5.74) is 1.42. The predicted molar refractivity (Wildman–Crippen MR) is 101 cm³/mol. The molecule has 0 saturated carbocycles. The fraction of sp³-hybridized carbons (Fsp3) is 0.611. The van der Waals surface area contributed by atoms with Crippen molar-refractivity contribution in [3.8, 4) is 0 Å². The minimum atomic E-state index is -0.117. The summed E-state index contributed by atoms with van der Waals surface area (Å²) in [6.07, 6.45) is 5.13. The Morgan fingerprint density at radius 2 is 2.08 bits per heavy atom. The van der Waals surface area contributed by atoms with E-state index in [0.29, 0.717) is 26.3 Å². The molecule has 0 bridgehead atoms. The summed E-state index contributed by atoms with van der Waals surface area (Å²) in [5, 5.41) is 2.06. The fourth-order valence-corrected chi connectivity index (χ4v) is 6.05. The molecule has 2 aromatic rings. The number of fused-ring (bicyclic) bond motifs is 3. The Morgan fingerprint density at radius 1 is 1.28 bits per heavy atom. The molecule has 134 valence electrons. The summed E-state index contributed by atoms with van der Waals surface area (Å²) in [6, 6.07) is 0. The van der Waals surface area contributed by atoms with Crippen molar-refractivity contribution in [1.29, 1.82) is 0 Å². The molecule has 0 N–H and O–H groups in total. The standard InChI is InChI=1S/C18H23N3O2S2/c1-11(2)15(18(22)21-6-8-23-9-7-21)25-17-14-12-4-3-5-13(12)24-16(14)19-10-20-17/h10-11,15H,3-9H2,1-2H3. The van der Waals surface area contributed by atoms with Gasteiger partial charge in [0.1, 0.15) is 16.2 Å². The molecule has 1 unspecified atom stereocenters. The number of amides is 1. The van der Waals surface area contributed by atoms with Crippen LogP contribution in [-0.4, -0.2) is 52.3 Å². The first-order valence-electron chi connectivity index (χ1n) is 8.93. The van der Waals surface area contributed by atoms with Crippen LogP contribution in [0, 0.1) is 5.92 Å². The number of hydrogen-bond acceptors (Lipinski definition) is 6. The number of rotatable bonds is 4. The van der Waals surface area contributed by atoms with Gasteiger partial charge in [0.25, 0.3) is 0 Å². The van der Waals surface area contributed by atoms with Crippen LogP contribution in [0.3, 0.4) is 0 Å². The largest absolute Gasteiger partial charge is 0.378 e. The zero-order valence-electron chi connectivity index (χ0n) is 14.7. The van der Waals surface area contributed by atoms with Crippen LogP contribution in [-0.2, 0) is 22.4 Å². The van der Waals surface area contributed by atoms with Crippen molar-refractivity contribution in [2.24, 2.45) is 5.92 Å². The predicted octanol–water partition coefficient (Wildman–Crippen LogP) is 3.16. The fourth-order valence-electron chi connectivity index (χ4n) is 3.54. The molecule has 1 aliphatic heterocycles. The third-order valence-electron chi connectivity index (χ3n) is 4.88. The van der Waals surface area contributed by atoms with Crippen LogP contribution in [0.1, 0.15) is 30.7 Å². The van der Waals surface area contributed by atoms with Gasteiger partial charge < -0.3 is 9.64 Å². The molecule has 1 saturated heterocycles. The molecule has 2 aromatic heterocycles. The summed E-state index contributed by atoms with van der Waals surface area (Å²) in [5.74, 6) is 0.457. The van der Waals surface area contributed by atoms with Crippen LogP contribution < -0.4 is 0 Å². The van der Waals surface area contributed by atoms with Crippen LogP contribution in [0.15, 0.2) is 11.4 Å². The SMILES string of the molecule is CC(C)C(Sc1ncnc2sc3c(c12)CCC3)C(=O)N1CCOCC1. The number of morpholine rings is 1. The maximum absolute atomic E-state index is 13.1. The average molecular weight is 378 g/mol. The van der Waals surface area contributed by atoms with E-state index in [1.54, 1.807) is 29.4 Å². The van der Waals surface area contributed by atoms with E-state index in [1.807, 2.05) is 4.90 Å². The highest BCUT2D eigenvalue weighted by Crippen LogP contribution is 2.41. The number of thiophene rings is 1. The molecular formula is C18H23N3O2S2. The molecule has 0 spiro atoms. The van der Waals surface area contributed by atoms with E-state index in [2.05, 4.69) is 23.8 Å². The molecular weight excluding hydrogens is 354 g/mol. The van der Waals surface area contributed by atoms with Crippen LogP contribution in [0.25, 0.3) is 10.2 Å². The van der Waals surface area contributed by atoms with Crippen LogP contribution in [0.5, 0.6) is 0 Å². The molecule has 1 amide bonds. The van der Waals surface area contributed by atoms with Gasteiger partial charge in [0, 0.05) is 23.4 Å². The number of thioether (sulfide) groups is 1. The highest BCUT2D eigenvalue weighted by molar-refractivity contribution is 8.00. The van der Waals surface area contributed by atoms with Gasteiger partial charge in [0.05, 0.1) is 18.5 Å². The first-order chi connectivity index (χ1) is 12.1. The van der Waals surface area contributed by atoms with Crippen LogP contribution in [0.4, 0.5) is 0 Å². The van der Waals surface area contributed by atoms with Crippen LogP contribution in [0.2, 0.25) is 0 Å². The van der Waals surface area contributed by atoms with E-state index in [-0.39, 0.29) is 17.1 Å². The van der Waals surface area contributed by atoms with Crippen molar-refractivity contribution in [3.05, 3.63) is 16.8 Å². The smallest absolute Gasteiger partial charge is 0.236 e. The highest BCUT2D eigenvalue weighted by Gasteiger charge is 2.31. The molecule has 1 atom stereocenters.